The van der Waals surface area contributed by atoms with Gasteiger partial charge in [-0.1, -0.05) is 0 Å². The largest absolute Gasteiger partial charge is 0.388 e. The maximum atomic E-state index is 11.6. The SMILES string of the molecule is CNc1ccc2c(c1)N(CN)C(=O)CS2. The summed E-state index contributed by atoms with van der Waals surface area (Å²) in [4.78, 5) is 14.3. The van der Waals surface area contributed by atoms with Crippen LogP contribution in [-0.4, -0.2) is 25.4 Å². The Bertz CT molecular complexity index is 394. The molecular formula is C10H13N3OS. The van der Waals surface area contributed by atoms with E-state index in [1.54, 1.807) is 16.7 Å². The Hall–Kier alpha value is -1.20. The number of anilines is 2. The summed E-state index contributed by atoms with van der Waals surface area (Å²) in [6.45, 7) is 0.236. The van der Waals surface area contributed by atoms with Crippen molar-refractivity contribution in [3.05, 3.63) is 18.2 Å². The van der Waals surface area contributed by atoms with Gasteiger partial charge in [-0.2, -0.15) is 0 Å². The van der Waals surface area contributed by atoms with Crippen LogP contribution in [0.4, 0.5) is 11.4 Å². The molecule has 0 aliphatic carbocycles. The van der Waals surface area contributed by atoms with E-state index in [-0.39, 0.29) is 12.6 Å². The number of hydrogen-bond donors (Lipinski definition) is 2. The Kier molecular flexibility index (Phi) is 2.83. The lowest BCUT2D eigenvalue weighted by Gasteiger charge is -2.27. The predicted molar refractivity (Wildman–Crippen MR) is 63.3 cm³/mol. The molecule has 0 saturated heterocycles. The van der Waals surface area contributed by atoms with Crippen molar-refractivity contribution in [1.29, 1.82) is 0 Å². The number of hydrogen-bond acceptors (Lipinski definition) is 4. The van der Waals surface area contributed by atoms with Gasteiger partial charge in [0.25, 0.3) is 0 Å². The van der Waals surface area contributed by atoms with Crippen LogP contribution >= 0.6 is 11.8 Å². The molecule has 1 aliphatic rings. The molecular weight excluding hydrogens is 210 g/mol. The van der Waals surface area contributed by atoms with Crippen LogP contribution in [0.15, 0.2) is 23.1 Å². The summed E-state index contributed by atoms with van der Waals surface area (Å²) >= 11 is 1.56. The highest BCUT2D eigenvalue weighted by Crippen LogP contribution is 2.36. The van der Waals surface area contributed by atoms with Crippen molar-refractivity contribution in [1.82, 2.24) is 0 Å². The standard InChI is InChI=1S/C10H13N3OS/c1-12-7-2-3-9-8(4-7)13(6-11)10(14)5-15-9/h2-4,12H,5-6,11H2,1H3. The number of amides is 1. The van der Waals surface area contributed by atoms with Gasteiger partial charge in [0, 0.05) is 17.6 Å². The lowest BCUT2D eigenvalue weighted by molar-refractivity contribution is -0.116. The first kappa shape index (κ1) is 10.3. The zero-order chi connectivity index (χ0) is 10.8. The van der Waals surface area contributed by atoms with E-state index in [1.807, 2.05) is 25.2 Å². The van der Waals surface area contributed by atoms with Gasteiger partial charge in [-0.25, -0.2) is 0 Å². The fourth-order valence-electron chi connectivity index (χ4n) is 1.56. The van der Waals surface area contributed by atoms with Crippen LogP contribution < -0.4 is 16.0 Å². The lowest BCUT2D eigenvalue weighted by atomic mass is 10.2. The van der Waals surface area contributed by atoms with E-state index < -0.39 is 0 Å². The smallest absolute Gasteiger partial charge is 0.238 e. The molecule has 0 unspecified atom stereocenters. The molecule has 4 nitrogen and oxygen atoms in total. The third kappa shape index (κ3) is 1.80. The minimum atomic E-state index is 0.0725. The third-order valence-electron chi connectivity index (χ3n) is 2.37. The van der Waals surface area contributed by atoms with Crippen molar-refractivity contribution in [3.8, 4) is 0 Å². The van der Waals surface area contributed by atoms with Gasteiger partial charge in [-0.15, -0.1) is 11.8 Å². The maximum Gasteiger partial charge on any atom is 0.238 e. The Morgan fingerprint density at radius 2 is 2.40 bits per heavy atom. The number of nitrogens with one attached hydrogen (secondary N) is 1. The first-order valence-electron chi connectivity index (χ1n) is 4.71. The Labute approximate surface area is 92.8 Å². The lowest BCUT2D eigenvalue weighted by Crippen LogP contribution is -2.39. The molecule has 0 bridgehead atoms. The summed E-state index contributed by atoms with van der Waals surface area (Å²) < 4.78 is 0. The highest BCUT2D eigenvalue weighted by molar-refractivity contribution is 8.00. The molecule has 0 spiro atoms. The molecule has 1 aromatic carbocycles. The van der Waals surface area contributed by atoms with E-state index in [9.17, 15) is 4.79 Å². The Morgan fingerprint density at radius 3 is 3.07 bits per heavy atom. The van der Waals surface area contributed by atoms with Crippen molar-refractivity contribution >= 4 is 29.0 Å². The van der Waals surface area contributed by atoms with Crippen LogP contribution in [0.1, 0.15) is 0 Å². The minimum Gasteiger partial charge on any atom is -0.388 e. The van der Waals surface area contributed by atoms with Crippen molar-refractivity contribution < 1.29 is 4.79 Å². The molecule has 15 heavy (non-hydrogen) atoms. The number of benzene rings is 1. The second-order valence-electron chi connectivity index (χ2n) is 3.23. The number of nitrogens with zero attached hydrogens (tertiary/aromatic N) is 1. The molecule has 1 aromatic rings. The van der Waals surface area contributed by atoms with Gasteiger partial charge >= 0.3 is 0 Å². The Balaban J connectivity index is 2.45. The molecule has 3 N–H and O–H groups in total. The third-order valence-corrected chi connectivity index (χ3v) is 3.42. The molecule has 5 heteroatoms. The summed E-state index contributed by atoms with van der Waals surface area (Å²) in [7, 11) is 1.85. The average molecular weight is 223 g/mol. The second kappa shape index (κ2) is 4.12. The number of nitrogens with two attached hydrogens (primary N) is 1. The minimum absolute atomic E-state index is 0.0725. The molecule has 80 valence electrons. The highest BCUT2D eigenvalue weighted by atomic mass is 32.2. The summed E-state index contributed by atoms with van der Waals surface area (Å²) in [6.07, 6.45) is 0. The van der Waals surface area contributed by atoms with Crippen molar-refractivity contribution in [2.45, 2.75) is 4.90 Å². The second-order valence-corrected chi connectivity index (χ2v) is 4.24. The Morgan fingerprint density at radius 1 is 1.60 bits per heavy atom. The van der Waals surface area contributed by atoms with Gasteiger partial charge in [0.05, 0.1) is 18.1 Å². The number of carbonyl (C=O) groups is 1. The molecule has 0 aromatic heterocycles. The predicted octanol–water partition coefficient (Wildman–Crippen LogP) is 1.08. The quantitative estimate of drug-likeness (QED) is 0.788. The van der Waals surface area contributed by atoms with Crippen molar-refractivity contribution in [2.75, 3.05) is 29.7 Å². The molecule has 0 fully saturated rings. The van der Waals surface area contributed by atoms with Gasteiger partial charge in [-0.05, 0) is 18.2 Å². The first-order chi connectivity index (χ1) is 7.26. The molecule has 0 radical (unpaired) electrons. The highest BCUT2D eigenvalue weighted by Gasteiger charge is 2.23. The molecule has 2 rings (SSSR count). The van der Waals surface area contributed by atoms with Gasteiger partial charge < -0.3 is 11.1 Å². The summed E-state index contributed by atoms with van der Waals surface area (Å²) in [5.74, 6) is 0.548. The van der Waals surface area contributed by atoms with Crippen LogP contribution in [0.2, 0.25) is 0 Å². The number of rotatable bonds is 2. The summed E-state index contributed by atoms with van der Waals surface area (Å²) in [5.41, 5.74) is 7.47. The van der Waals surface area contributed by atoms with E-state index in [2.05, 4.69) is 5.32 Å². The number of thioether (sulfide) groups is 1. The van der Waals surface area contributed by atoms with Crippen LogP contribution in [0.3, 0.4) is 0 Å². The van der Waals surface area contributed by atoms with E-state index >= 15 is 0 Å². The topological polar surface area (TPSA) is 58.4 Å². The summed E-state index contributed by atoms with van der Waals surface area (Å²) in [6, 6.07) is 5.96. The average Bonchev–Trinajstić information content (AvgIpc) is 2.28. The molecule has 1 aliphatic heterocycles. The van der Waals surface area contributed by atoms with E-state index in [0.29, 0.717) is 5.75 Å². The van der Waals surface area contributed by atoms with Crippen molar-refractivity contribution in [2.24, 2.45) is 5.73 Å². The van der Waals surface area contributed by atoms with Gasteiger partial charge in [-0.3, -0.25) is 9.69 Å². The number of carbonyl (C=O) groups excluding carboxylic acids is 1. The maximum absolute atomic E-state index is 11.6. The summed E-state index contributed by atoms with van der Waals surface area (Å²) in [5, 5.41) is 3.05. The van der Waals surface area contributed by atoms with Crippen LogP contribution in [0, 0.1) is 0 Å². The van der Waals surface area contributed by atoms with E-state index in [4.69, 9.17) is 5.73 Å². The van der Waals surface area contributed by atoms with Gasteiger partial charge in [0.2, 0.25) is 5.91 Å². The van der Waals surface area contributed by atoms with Gasteiger partial charge in [0.1, 0.15) is 0 Å². The molecule has 0 saturated carbocycles. The zero-order valence-corrected chi connectivity index (χ0v) is 9.30. The number of fused-ring (bicyclic) bond motifs is 1. The van der Waals surface area contributed by atoms with Crippen LogP contribution in [0.25, 0.3) is 0 Å². The molecule has 0 atom stereocenters. The first-order valence-corrected chi connectivity index (χ1v) is 5.70. The zero-order valence-electron chi connectivity index (χ0n) is 8.49. The molecule has 1 amide bonds. The van der Waals surface area contributed by atoms with Gasteiger partial charge in [0.15, 0.2) is 0 Å². The van der Waals surface area contributed by atoms with E-state index in [0.717, 1.165) is 16.3 Å². The van der Waals surface area contributed by atoms with Crippen LogP contribution in [0.5, 0.6) is 0 Å². The fraction of sp³-hybridized carbons (Fsp3) is 0.300. The van der Waals surface area contributed by atoms with Crippen molar-refractivity contribution in [3.63, 3.8) is 0 Å². The normalized spacial score (nSPS) is 15.1. The fourth-order valence-corrected chi connectivity index (χ4v) is 2.47. The monoisotopic (exact) mass is 223 g/mol. The molecule has 1 heterocycles. The van der Waals surface area contributed by atoms with Crippen LogP contribution in [-0.2, 0) is 4.79 Å². The van der Waals surface area contributed by atoms with E-state index in [1.165, 1.54) is 0 Å².